The summed E-state index contributed by atoms with van der Waals surface area (Å²) in [6, 6.07) is 0. The van der Waals surface area contributed by atoms with Crippen molar-refractivity contribution in [3.05, 3.63) is 17.1 Å². The number of hydrogen-bond acceptors (Lipinski definition) is 6. The van der Waals surface area contributed by atoms with Gasteiger partial charge in [0.05, 0.1) is 5.60 Å². The Morgan fingerprint density at radius 3 is 2.58 bits per heavy atom. The smallest absolute Gasteiger partial charge is 0.220 e. The normalized spacial score (nSPS) is 23.3. The van der Waals surface area contributed by atoms with Gasteiger partial charge in [0.2, 0.25) is 5.88 Å². The van der Waals surface area contributed by atoms with E-state index in [-0.39, 0.29) is 11.7 Å². The lowest BCUT2D eigenvalue weighted by molar-refractivity contribution is -0.0730. The molecule has 0 aliphatic carbocycles. The Bertz CT molecular complexity index is 583. The Kier molecular flexibility index (Phi) is 5.08. The van der Waals surface area contributed by atoms with Gasteiger partial charge >= 0.3 is 0 Å². The molecule has 0 saturated carbocycles. The van der Waals surface area contributed by atoms with Crippen molar-refractivity contribution >= 4 is 0 Å². The Labute approximate surface area is 145 Å². The van der Waals surface area contributed by atoms with E-state index in [1.165, 1.54) is 5.56 Å². The quantitative estimate of drug-likeness (QED) is 0.812. The highest BCUT2D eigenvalue weighted by atomic mass is 16.5. The van der Waals surface area contributed by atoms with Crippen LogP contribution < -0.4 is 4.74 Å². The highest BCUT2D eigenvalue weighted by Gasteiger charge is 2.36. The molecule has 0 radical (unpaired) electrons. The molecule has 0 N–H and O–H groups in total. The van der Waals surface area contributed by atoms with Crippen LogP contribution in [-0.2, 0) is 11.2 Å². The predicted molar refractivity (Wildman–Crippen MR) is 93.6 cm³/mol. The average Bonchev–Trinajstić information content (AvgIpc) is 2.91. The van der Waals surface area contributed by atoms with Crippen LogP contribution in [0.4, 0.5) is 0 Å². The monoisotopic (exact) mass is 334 g/mol. The minimum absolute atomic E-state index is 0.00132. The number of hydrogen-bond donors (Lipinski definition) is 0. The molecule has 3 heterocycles. The van der Waals surface area contributed by atoms with Gasteiger partial charge in [-0.05, 0) is 40.8 Å². The van der Waals surface area contributed by atoms with E-state index in [1.54, 1.807) is 0 Å². The van der Waals surface area contributed by atoms with Gasteiger partial charge in [-0.15, -0.1) is 0 Å². The van der Waals surface area contributed by atoms with Crippen molar-refractivity contribution in [2.75, 3.05) is 47.4 Å². The molecule has 6 nitrogen and oxygen atoms in total. The standard InChI is InChI=1S/C18H30N4O2/c1-13-16-10-15(24-17(16)20-14(2)19-13)11-22-8-6-18(23-5,7-9-22)12-21(3)4/h15H,6-12H2,1-5H3. The lowest BCUT2D eigenvalue weighted by Crippen LogP contribution is -2.52. The minimum atomic E-state index is -0.00132. The molecule has 0 aromatic carbocycles. The summed E-state index contributed by atoms with van der Waals surface area (Å²) in [5.74, 6) is 1.58. The molecular formula is C18H30N4O2. The zero-order valence-electron chi connectivity index (χ0n) is 15.6. The SMILES string of the molecule is COC1(CN(C)C)CCN(CC2Cc3c(C)nc(C)nc3O2)CC1. The highest BCUT2D eigenvalue weighted by molar-refractivity contribution is 5.34. The van der Waals surface area contributed by atoms with Gasteiger partial charge in [0.1, 0.15) is 11.9 Å². The maximum absolute atomic E-state index is 6.08. The molecule has 0 spiro atoms. The molecule has 0 amide bonds. The van der Waals surface area contributed by atoms with E-state index < -0.39 is 0 Å². The molecule has 3 rings (SSSR count). The number of piperidine rings is 1. The van der Waals surface area contributed by atoms with Crippen LogP contribution in [0.25, 0.3) is 0 Å². The fourth-order valence-corrected chi connectivity index (χ4v) is 4.00. The largest absolute Gasteiger partial charge is 0.472 e. The number of nitrogens with zero attached hydrogens (tertiary/aromatic N) is 4. The van der Waals surface area contributed by atoms with Crippen LogP contribution in [0.15, 0.2) is 0 Å². The lowest BCUT2D eigenvalue weighted by Gasteiger charge is -2.42. The maximum atomic E-state index is 6.08. The summed E-state index contributed by atoms with van der Waals surface area (Å²) in [5.41, 5.74) is 2.24. The Morgan fingerprint density at radius 2 is 1.96 bits per heavy atom. The molecule has 1 aromatic rings. The van der Waals surface area contributed by atoms with Gasteiger partial charge in [-0.1, -0.05) is 0 Å². The van der Waals surface area contributed by atoms with Crippen molar-refractivity contribution in [2.24, 2.45) is 0 Å². The van der Waals surface area contributed by atoms with Gasteiger partial charge in [0, 0.05) is 51.0 Å². The van der Waals surface area contributed by atoms with Crippen LogP contribution in [0.3, 0.4) is 0 Å². The first-order valence-electron chi connectivity index (χ1n) is 8.84. The molecule has 2 aliphatic rings. The van der Waals surface area contributed by atoms with Crippen molar-refractivity contribution in [2.45, 2.75) is 44.8 Å². The number of likely N-dealkylation sites (tertiary alicyclic amines) is 1. The first kappa shape index (κ1) is 17.6. The summed E-state index contributed by atoms with van der Waals surface area (Å²) in [6.45, 7) is 8.02. The first-order chi connectivity index (χ1) is 11.4. The fourth-order valence-electron chi connectivity index (χ4n) is 4.00. The van der Waals surface area contributed by atoms with Gasteiger partial charge in [0.15, 0.2) is 0 Å². The Balaban J connectivity index is 1.55. The van der Waals surface area contributed by atoms with Crippen molar-refractivity contribution < 1.29 is 9.47 Å². The van der Waals surface area contributed by atoms with Crippen LogP contribution in [0.2, 0.25) is 0 Å². The van der Waals surface area contributed by atoms with Gasteiger partial charge in [-0.2, -0.15) is 4.98 Å². The molecule has 1 fully saturated rings. The summed E-state index contributed by atoms with van der Waals surface area (Å²) in [4.78, 5) is 13.6. The molecule has 1 saturated heterocycles. The Hall–Kier alpha value is -1.24. The summed E-state index contributed by atoms with van der Waals surface area (Å²) in [7, 11) is 6.07. The fraction of sp³-hybridized carbons (Fsp3) is 0.778. The molecule has 0 bridgehead atoms. The molecule has 2 aliphatic heterocycles. The number of fused-ring (bicyclic) bond motifs is 1. The summed E-state index contributed by atoms with van der Waals surface area (Å²) in [6.07, 6.45) is 3.25. The van der Waals surface area contributed by atoms with Gasteiger partial charge in [-0.3, -0.25) is 4.90 Å². The molecular weight excluding hydrogens is 304 g/mol. The predicted octanol–water partition coefficient (Wildman–Crippen LogP) is 1.44. The van der Waals surface area contributed by atoms with E-state index >= 15 is 0 Å². The van der Waals surface area contributed by atoms with E-state index in [4.69, 9.17) is 9.47 Å². The van der Waals surface area contributed by atoms with E-state index in [2.05, 4.69) is 33.9 Å². The Morgan fingerprint density at radius 1 is 1.25 bits per heavy atom. The third-order valence-electron chi connectivity index (χ3n) is 5.26. The second-order valence-electron chi connectivity index (χ2n) is 7.51. The third-order valence-corrected chi connectivity index (χ3v) is 5.26. The van der Waals surface area contributed by atoms with Crippen molar-refractivity contribution in [3.8, 4) is 5.88 Å². The summed E-state index contributed by atoms with van der Waals surface area (Å²) in [5, 5.41) is 0. The highest BCUT2D eigenvalue weighted by Crippen LogP contribution is 2.31. The zero-order chi connectivity index (χ0) is 17.3. The number of rotatable bonds is 5. The average molecular weight is 334 g/mol. The first-order valence-corrected chi connectivity index (χ1v) is 8.84. The topological polar surface area (TPSA) is 50.7 Å². The molecule has 1 unspecified atom stereocenters. The van der Waals surface area contributed by atoms with Gasteiger partial charge in [0.25, 0.3) is 0 Å². The van der Waals surface area contributed by atoms with Crippen LogP contribution in [0.5, 0.6) is 5.88 Å². The minimum Gasteiger partial charge on any atom is -0.472 e. The number of aromatic nitrogens is 2. The van der Waals surface area contributed by atoms with Crippen LogP contribution in [0, 0.1) is 13.8 Å². The number of ether oxygens (including phenoxy) is 2. The molecule has 1 atom stereocenters. The third kappa shape index (κ3) is 3.71. The van der Waals surface area contributed by atoms with Crippen LogP contribution >= 0.6 is 0 Å². The molecule has 134 valence electrons. The van der Waals surface area contributed by atoms with E-state index in [0.717, 1.165) is 62.8 Å². The van der Waals surface area contributed by atoms with Gasteiger partial charge < -0.3 is 14.4 Å². The van der Waals surface area contributed by atoms with Crippen molar-refractivity contribution in [3.63, 3.8) is 0 Å². The molecule has 24 heavy (non-hydrogen) atoms. The van der Waals surface area contributed by atoms with E-state index in [1.807, 2.05) is 21.0 Å². The number of methoxy groups -OCH3 is 1. The van der Waals surface area contributed by atoms with E-state index in [9.17, 15) is 0 Å². The lowest BCUT2D eigenvalue weighted by atomic mass is 9.90. The van der Waals surface area contributed by atoms with E-state index in [0.29, 0.717) is 0 Å². The van der Waals surface area contributed by atoms with Gasteiger partial charge in [-0.25, -0.2) is 4.98 Å². The summed E-state index contributed by atoms with van der Waals surface area (Å²) < 4.78 is 12.0. The summed E-state index contributed by atoms with van der Waals surface area (Å²) >= 11 is 0. The molecule has 1 aromatic heterocycles. The number of likely N-dealkylation sites (N-methyl/N-ethyl adjacent to an activating group) is 1. The zero-order valence-corrected chi connectivity index (χ0v) is 15.6. The van der Waals surface area contributed by atoms with Crippen molar-refractivity contribution in [1.82, 2.24) is 19.8 Å². The van der Waals surface area contributed by atoms with Crippen LogP contribution in [0.1, 0.15) is 29.9 Å². The number of aryl methyl sites for hydroxylation is 2. The molecule has 6 heteroatoms. The second-order valence-corrected chi connectivity index (χ2v) is 7.51. The maximum Gasteiger partial charge on any atom is 0.220 e. The van der Waals surface area contributed by atoms with Crippen LogP contribution in [-0.4, -0.2) is 78.9 Å². The second kappa shape index (κ2) is 6.94. The van der Waals surface area contributed by atoms with Crippen molar-refractivity contribution in [1.29, 1.82) is 0 Å².